The van der Waals surface area contributed by atoms with Gasteiger partial charge in [0.25, 0.3) is 0 Å². The lowest BCUT2D eigenvalue weighted by atomic mass is 9.86. The lowest BCUT2D eigenvalue weighted by molar-refractivity contribution is -0.319. The Bertz CT molecular complexity index is 312. The molecule has 2 atom stereocenters. The Morgan fingerprint density at radius 2 is 1.86 bits per heavy atom. The standard InChI is InChI=1S/C9H13NO4/c1-8(6(11)12)4-3-5-9(2,10-8)7(13)14/h3-4,10H,5H2,1-2H3,(H,11,12)(H,13,14)/p-2. The summed E-state index contributed by atoms with van der Waals surface area (Å²) in [5.74, 6) is -2.68. The van der Waals surface area contributed by atoms with E-state index < -0.39 is 23.0 Å². The molecule has 0 aromatic rings. The molecule has 0 saturated heterocycles. The van der Waals surface area contributed by atoms with E-state index in [1.165, 1.54) is 26.0 Å². The number of nitrogens with one attached hydrogen (secondary N) is 1. The Balaban J connectivity index is 3.00. The summed E-state index contributed by atoms with van der Waals surface area (Å²) in [4.78, 5) is 21.5. The van der Waals surface area contributed by atoms with Crippen LogP contribution < -0.4 is 15.5 Å². The van der Waals surface area contributed by atoms with E-state index in [-0.39, 0.29) is 6.42 Å². The second-order valence-electron chi connectivity index (χ2n) is 3.84. The highest BCUT2D eigenvalue weighted by atomic mass is 16.4. The van der Waals surface area contributed by atoms with Crippen LogP contribution in [0.3, 0.4) is 0 Å². The second-order valence-corrected chi connectivity index (χ2v) is 3.84. The summed E-state index contributed by atoms with van der Waals surface area (Å²) in [7, 11) is 0. The SMILES string of the molecule is CC1(C(=O)[O-])C=CCC(C)(C(=O)[O-])N1. The van der Waals surface area contributed by atoms with Gasteiger partial charge in [0.1, 0.15) is 0 Å². The van der Waals surface area contributed by atoms with E-state index in [0.717, 1.165) is 0 Å². The van der Waals surface area contributed by atoms with Gasteiger partial charge >= 0.3 is 0 Å². The topological polar surface area (TPSA) is 92.3 Å². The normalized spacial score (nSPS) is 36.7. The van der Waals surface area contributed by atoms with Crippen LogP contribution in [0.2, 0.25) is 0 Å². The maximum Gasteiger partial charge on any atom is 0.0745 e. The molecule has 0 aliphatic carbocycles. The third-order valence-corrected chi connectivity index (χ3v) is 2.39. The molecule has 0 fully saturated rings. The van der Waals surface area contributed by atoms with E-state index >= 15 is 0 Å². The predicted molar refractivity (Wildman–Crippen MR) is 43.7 cm³/mol. The molecule has 0 bridgehead atoms. The largest absolute Gasteiger partial charge is 0.548 e. The molecule has 78 valence electrons. The fourth-order valence-corrected chi connectivity index (χ4v) is 1.45. The van der Waals surface area contributed by atoms with Crippen molar-refractivity contribution in [2.75, 3.05) is 0 Å². The van der Waals surface area contributed by atoms with Gasteiger partial charge in [0.05, 0.1) is 23.0 Å². The number of carboxylic acid groups (broad SMARTS) is 2. The monoisotopic (exact) mass is 197 g/mol. The summed E-state index contributed by atoms with van der Waals surface area (Å²) in [6, 6.07) is 0. The minimum Gasteiger partial charge on any atom is -0.548 e. The molecular formula is C9H11NO4-2. The fraction of sp³-hybridized carbons (Fsp3) is 0.556. The molecule has 1 rings (SSSR count). The van der Waals surface area contributed by atoms with Crippen LogP contribution in [0, 0.1) is 0 Å². The quantitative estimate of drug-likeness (QED) is 0.496. The van der Waals surface area contributed by atoms with Gasteiger partial charge in [0.2, 0.25) is 0 Å². The van der Waals surface area contributed by atoms with Crippen molar-refractivity contribution in [1.29, 1.82) is 0 Å². The van der Waals surface area contributed by atoms with E-state index in [9.17, 15) is 19.8 Å². The van der Waals surface area contributed by atoms with E-state index in [4.69, 9.17) is 0 Å². The first-order chi connectivity index (χ1) is 6.30. The first kappa shape index (κ1) is 10.7. The van der Waals surface area contributed by atoms with Crippen molar-refractivity contribution < 1.29 is 19.8 Å². The Kier molecular flexibility index (Phi) is 2.37. The Hall–Kier alpha value is -1.36. The van der Waals surface area contributed by atoms with Gasteiger partial charge < -0.3 is 19.8 Å². The zero-order chi connectivity index (χ0) is 11.0. The molecule has 0 spiro atoms. The van der Waals surface area contributed by atoms with Crippen molar-refractivity contribution in [3.8, 4) is 0 Å². The second kappa shape index (κ2) is 3.09. The smallest absolute Gasteiger partial charge is 0.0745 e. The van der Waals surface area contributed by atoms with Crippen LogP contribution >= 0.6 is 0 Å². The molecule has 0 saturated carbocycles. The van der Waals surface area contributed by atoms with Crippen LogP contribution in [0.25, 0.3) is 0 Å². The maximum absolute atomic E-state index is 10.8. The molecule has 1 heterocycles. The molecule has 1 aliphatic heterocycles. The van der Waals surface area contributed by atoms with Crippen molar-refractivity contribution in [3.63, 3.8) is 0 Å². The summed E-state index contributed by atoms with van der Waals surface area (Å²) < 4.78 is 0. The van der Waals surface area contributed by atoms with Crippen molar-refractivity contribution >= 4 is 11.9 Å². The lowest BCUT2D eigenvalue weighted by Crippen LogP contribution is -2.68. The minimum atomic E-state index is -1.45. The maximum atomic E-state index is 10.8. The van der Waals surface area contributed by atoms with Gasteiger partial charge in [-0.2, -0.15) is 0 Å². The van der Waals surface area contributed by atoms with Crippen molar-refractivity contribution in [2.24, 2.45) is 0 Å². The van der Waals surface area contributed by atoms with Crippen LogP contribution in [-0.2, 0) is 9.59 Å². The molecule has 2 unspecified atom stereocenters. The van der Waals surface area contributed by atoms with Crippen molar-refractivity contribution in [3.05, 3.63) is 12.2 Å². The van der Waals surface area contributed by atoms with Gasteiger partial charge in [-0.05, 0) is 20.3 Å². The number of rotatable bonds is 2. The molecule has 5 nitrogen and oxygen atoms in total. The van der Waals surface area contributed by atoms with Crippen molar-refractivity contribution in [1.82, 2.24) is 5.32 Å². The number of carbonyl (C=O) groups is 2. The van der Waals surface area contributed by atoms with Gasteiger partial charge in [-0.25, -0.2) is 0 Å². The molecule has 0 aromatic heterocycles. The Morgan fingerprint density at radius 1 is 1.29 bits per heavy atom. The Labute approximate surface area is 81.4 Å². The highest BCUT2D eigenvalue weighted by Gasteiger charge is 2.37. The number of aliphatic carboxylic acids is 2. The van der Waals surface area contributed by atoms with Gasteiger partial charge in [-0.1, -0.05) is 12.2 Å². The Morgan fingerprint density at radius 3 is 2.29 bits per heavy atom. The average molecular weight is 197 g/mol. The number of hydrogen-bond acceptors (Lipinski definition) is 5. The van der Waals surface area contributed by atoms with E-state index in [1.54, 1.807) is 0 Å². The van der Waals surface area contributed by atoms with E-state index in [2.05, 4.69) is 5.32 Å². The summed E-state index contributed by atoms with van der Waals surface area (Å²) in [6.07, 6.45) is 3.08. The molecule has 0 radical (unpaired) electrons. The van der Waals surface area contributed by atoms with E-state index in [0.29, 0.717) is 0 Å². The van der Waals surface area contributed by atoms with Crippen LogP contribution in [0.5, 0.6) is 0 Å². The minimum absolute atomic E-state index is 0.193. The number of carbonyl (C=O) groups excluding carboxylic acids is 2. The average Bonchev–Trinajstić information content (AvgIpc) is 2.03. The van der Waals surface area contributed by atoms with Crippen LogP contribution in [-0.4, -0.2) is 23.0 Å². The molecule has 1 aliphatic rings. The molecule has 14 heavy (non-hydrogen) atoms. The molecule has 5 heteroatoms. The fourth-order valence-electron chi connectivity index (χ4n) is 1.45. The van der Waals surface area contributed by atoms with Gasteiger partial charge in [0.15, 0.2) is 0 Å². The predicted octanol–water partition coefficient (Wildman–Crippen LogP) is -2.45. The van der Waals surface area contributed by atoms with Crippen LogP contribution in [0.15, 0.2) is 12.2 Å². The highest BCUT2D eigenvalue weighted by Crippen LogP contribution is 2.22. The zero-order valence-electron chi connectivity index (χ0n) is 7.99. The number of carboxylic acids is 2. The molecule has 0 aromatic carbocycles. The summed E-state index contributed by atoms with van der Waals surface area (Å²) in [6.45, 7) is 2.73. The zero-order valence-corrected chi connectivity index (χ0v) is 7.99. The summed E-state index contributed by atoms with van der Waals surface area (Å²) in [5, 5.41) is 24.0. The first-order valence-corrected chi connectivity index (χ1v) is 4.20. The van der Waals surface area contributed by atoms with Gasteiger partial charge in [-0.3, -0.25) is 5.32 Å². The van der Waals surface area contributed by atoms with Crippen molar-refractivity contribution in [2.45, 2.75) is 31.3 Å². The van der Waals surface area contributed by atoms with E-state index in [1.807, 2.05) is 0 Å². The highest BCUT2D eigenvalue weighted by molar-refractivity contribution is 5.83. The molecule has 1 N–H and O–H groups in total. The summed E-state index contributed by atoms with van der Waals surface area (Å²) in [5.41, 5.74) is -2.81. The summed E-state index contributed by atoms with van der Waals surface area (Å²) >= 11 is 0. The molecular weight excluding hydrogens is 186 g/mol. The van der Waals surface area contributed by atoms with Gasteiger partial charge in [-0.15, -0.1) is 0 Å². The van der Waals surface area contributed by atoms with Crippen LogP contribution in [0.1, 0.15) is 20.3 Å². The lowest BCUT2D eigenvalue weighted by Gasteiger charge is -2.43. The van der Waals surface area contributed by atoms with Gasteiger partial charge in [0, 0.05) is 0 Å². The first-order valence-electron chi connectivity index (χ1n) is 4.20. The third kappa shape index (κ3) is 1.63. The number of hydrogen-bond donors (Lipinski definition) is 1. The van der Waals surface area contributed by atoms with Crippen LogP contribution in [0.4, 0.5) is 0 Å². The third-order valence-electron chi connectivity index (χ3n) is 2.39. The molecule has 0 amide bonds.